The molecule has 5 rings (SSSR count). The van der Waals surface area contributed by atoms with Crippen LogP contribution in [0.5, 0.6) is 0 Å². The largest absolute Gasteiger partial charge is 0.416 e. The molecule has 0 N–H and O–H groups in total. The first-order valence-corrected chi connectivity index (χ1v) is 10.0. The van der Waals surface area contributed by atoms with Crippen LogP contribution < -0.4 is 4.90 Å². The lowest BCUT2D eigenvalue weighted by atomic mass is 10.0. The van der Waals surface area contributed by atoms with Crippen LogP contribution in [0.1, 0.15) is 34.6 Å². The number of hydrogen-bond donors (Lipinski definition) is 0. The average molecular weight is 454 g/mol. The standard InChI is InChI=1S/C22H17F3N6O2/c1-12-7-14(3-4-16(12)22(23,24)25)30-11-13(2)31-20(21(30)32)15(9-28-31)17-8-19(33-29-17)18-10-26-5-6-27-18/h3-10,13H,11H2,1-2H3/t13-/m0/s1. The molecule has 0 saturated carbocycles. The van der Waals surface area contributed by atoms with Gasteiger partial charge in [0.15, 0.2) is 5.76 Å². The molecule has 168 valence electrons. The van der Waals surface area contributed by atoms with Gasteiger partial charge in [0.1, 0.15) is 17.1 Å². The lowest BCUT2D eigenvalue weighted by molar-refractivity contribution is -0.138. The molecule has 1 aromatic carbocycles. The highest BCUT2D eigenvalue weighted by molar-refractivity contribution is 6.09. The van der Waals surface area contributed by atoms with Crippen LogP contribution in [0.3, 0.4) is 0 Å². The number of benzene rings is 1. The number of hydrogen-bond acceptors (Lipinski definition) is 6. The highest BCUT2D eigenvalue weighted by Crippen LogP contribution is 2.37. The third kappa shape index (κ3) is 3.55. The monoisotopic (exact) mass is 454 g/mol. The van der Waals surface area contributed by atoms with Crippen LogP contribution in [0.2, 0.25) is 0 Å². The minimum Gasteiger partial charge on any atom is -0.354 e. The summed E-state index contributed by atoms with van der Waals surface area (Å²) in [5, 5.41) is 8.41. The predicted octanol–water partition coefficient (Wildman–Crippen LogP) is 4.54. The molecule has 0 aliphatic carbocycles. The number of amides is 1. The van der Waals surface area contributed by atoms with Crippen molar-refractivity contribution in [2.45, 2.75) is 26.1 Å². The second kappa shape index (κ2) is 7.54. The van der Waals surface area contributed by atoms with Gasteiger partial charge < -0.3 is 9.42 Å². The van der Waals surface area contributed by atoms with Crippen molar-refractivity contribution < 1.29 is 22.5 Å². The van der Waals surface area contributed by atoms with Gasteiger partial charge in [0, 0.05) is 30.7 Å². The van der Waals surface area contributed by atoms with Crippen molar-refractivity contribution in [3.8, 4) is 22.7 Å². The van der Waals surface area contributed by atoms with Gasteiger partial charge in [0.25, 0.3) is 5.91 Å². The zero-order valence-corrected chi connectivity index (χ0v) is 17.5. The second-order valence-corrected chi connectivity index (χ2v) is 7.78. The van der Waals surface area contributed by atoms with Gasteiger partial charge in [-0.1, -0.05) is 5.16 Å². The number of carbonyl (C=O) groups excluding carboxylic acids is 1. The van der Waals surface area contributed by atoms with Gasteiger partial charge in [0.05, 0.1) is 29.6 Å². The summed E-state index contributed by atoms with van der Waals surface area (Å²) in [5.41, 5.74) is 1.32. The summed E-state index contributed by atoms with van der Waals surface area (Å²) in [7, 11) is 0. The first-order valence-electron chi connectivity index (χ1n) is 10.0. The van der Waals surface area contributed by atoms with E-state index in [1.54, 1.807) is 10.7 Å². The van der Waals surface area contributed by atoms with Crippen molar-refractivity contribution in [3.05, 3.63) is 65.9 Å². The van der Waals surface area contributed by atoms with E-state index in [0.717, 1.165) is 6.07 Å². The molecule has 1 amide bonds. The van der Waals surface area contributed by atoms with E-state index in [2.05, 4.69) is 20.2 Å². The number of aromatic nitrogens is 5. The van der Waals surface area contributed by atoms with Crippen LogP contribution in [0, 0.1) is 6.92 Å². The van der Waals surface area contributed by atoms with Crippen LogP contribution in [0.15, 0.2) is 53.6 Å². The van der Waals surface area contributed by atoms with Gasteiger partial charge in [-0.05, 0) is 37.6 Å². The number of fused-ring (bicyclic) bond motifs is 1. The minimum atomic E-state index is -4.46. The molecule has 1 atom stereocenters. The fourth-order valence-electron chi connectivity index (χ4n) is 3.96. The summed E-state index contributed by atoms with van der Waals surface area (Å²) in [6.07, 6.45) is 1.66. The van der Waals surface area contributed by atoms with E-state index >= 15 is 0 Å². The van der Waals surface area contributed by atoms with E-state index < -0.39 is 11.7 Å². The van der Waals surface area contributed by atoms with Crippen molar-refractivity contribution in [1.29, 1.82) is 0 Å². The molecule has 4 aromatic rings. The average Bonchev–Trinajstić information content (AvgIpc) is 3.43. The van der Waals surface area contributed by atoms with Crippen molar-refractivity contribution in [1.82, 2.24) is 24.9 Å². The van der Waals surface area contributed by atoms with E-state index in [1.807, 2.05) is 6.92 Å². The molecule has 33 heavy (non-hydrogen) atoms. The van der Waals surface area contributed by atoms with Gasteiger partial charge >= 0.3 is 6.18 Å². The Morgan fingerprint density at radius 3 is 2.64 bits per heavy atom. The zero-order chi connectivity index (χ0) is 23.3. The van der Waals surface area contributed by atoms with Crippen LogP contribution >= 0.6 is 0 Å². The van der Waals surface area contributed by atoms with E-state index in [9.17, 15) is 18.0 Å². The molecule has 3 aromatic heterocycles. The fraction of sp³-hybridized carbons (Fsp3) is 0.227. The van der Waals surface area contributed by atoms with Crippen LogP contribution in [-0.2, 0) is 6.18 Å². The number of alkyl halides is 3. The maximum atomic E-state index is 13.5. The molecule has 8 nitrogen and oxygen atoms in total. The Labute approximate surface area is 185 Å². The molecule has 0 spiro atoms. The molecule has 0 radical (unpaired) electrons. The molecule has 0 fully saturated rings. The Morgan fingerprint density at radius 2 is 1.94 bits per heavy atom. The van der Waals surface area contributed by atoms with Crippen LogP contribution in [-0.4, -0.2) is 37.4 Å². The summed E-state index contributed by atoms with van der Waals surface area (Å²) in [5.74, 6) is -0.00612. The van der Waals surface area contributed by atoms with E-state index in [1.165, 1.54) is 48.7 Å². The van der Waals surface area contributed by atoms with Gasteiger partial charge in [-0.25, -0.2) is 4.98 Å². The van der Waals surface area contributed by atoms with E-state index in [-0.39, 0.29) is 29.8 Å². The van der Waals surface area contributed by atoms with Crippen molar-refractivity contribution in [2.24, 2.45) is 0 Å². The van der Waals surface area contributed by atoms with Gasteiger partial charge in [-0.15, -0.1) is 0 Å². The smallest absolute Gasteiger partial charge is 0.354 e. The summed E-state index contributed by atoms with van der Waals surface area (Å²) in [6.45, 7) is 3.52. The lowest BCUT2D eigenvalue weighted by Gasteiger charge is -2.32. The molecule has 0 unspecified atom stereocenters. The maximum Gasteiger partial charge on any atom is 0.416 e. The van der Waals surface area contributed by atoms with Crippen molar-refractivity contribution >= 4 is 11.6 Å². The maximum absolute atomic E-state index is 13.5. The summed E-state index contributed by atoms with van der Waals surface area (Å²) < 4.78 is 46.5. The van der Waals surface area contributed by atoms with Crippen molar-refractivity contribution in [2.75, 3.05) is 11.4 Å². The van der Waals surface area contributed by atoms with E-state index in [0.29, 0.717) is 28.4 Å². The van der Waals surface area contributed by atoms with Gasteiger partial charge in [-0.2, -0.15) is 18.3 Å². The lowest BCUT2D eigenvalue weighted by Crippen LogP contribution is -2.42. The number of carbonyl (C=O) groups is 1. The molecular weight excluding hydrogens is 437 g/mol. The topological polar surface area (TPSA) is 89.9 Å². The Kier molecular flexibility index (Phi) is 4.76. The molecule has 11 heteroatoms. The molecule has 1 aliphatic heterocycles. The Morgan fingerprint density at radius 1 is 1.12 bits per heavy atom. The predicted molar refractivity (Wildman–Crippen MR) is 111 cm³/mol. The Balaban J connectivity index is 1.53. The Hall–Kier alpha value is -4.02. The molecular formula is C22H17F3N6O2. The SMILES string of the molecule is Cc1cc(N2C[C@H](C)n3ncc(-c4cc(-c5cnccn5)on4)c3C2=O)ccc1C(F)(F)F. The third-order valence-corrected chi connectivity index (χ3v) is 5.54. The highest BCUT2D eigenvalue weighted by atomic mass is 19.4. The second-order valence-electron chi connectivity index (χ2n) is 7.78. The first kappa shape index (κ1) is 20.9. The molecule has 0 bridgehead atoms. The molecule has 0 saturated heterocycles. The summed E-state index contributed by atoms with van der Waals surface area (Å²) in [6, 6.07) is 5.12. The minimum absolute atomic E-state index is 0.0462. The Bertz CT molecular complexity index is 1350. The number of nitrogens with zero attached hydrogens (tertiary/aromatic N) is 6. The number of halogens is 3. The fourth-order valence-corrected chi connectivity index (χ4v) is 3.96. The number of rotatable bonds is 3. The van der Waals surface area contributed by atoms with Gasteiger partial charge in [-0.3, -0.25) is 14.5 Å². The third-order valence-electron chi connectivity index (χ3n) is 5.54. The zero-order valence-electron chi connectivity index (χ0n) is 17.5. The number of aryl methyl sites for hydroxylation is 1. The van der Waals surface area contributed by atoms with Gasteiger partial charge in [0.2, 0.25) is 0 Å². The highest BCUT2D eigenvalue weighted by Gasteiger charge is 2.36. The van der Waals surface area contributed by atoms with Crippen LogP contribution in [0.4, 0.5) is 18.9 Å². The van der Waals surface area contributed by atoms with Crippen molar-refractivity contribution in [3.63, 3.8) is 0 Å². The quantitative estimate of drug-likeness (QED) is 0.451. The number of anilines is 1. The first-order chi connectivity index (χ1) is 15.7. The summed E-state index contributed by atoms with van der Waals surface area (Å²) in [4.78, 5) is 23.1. The van der Waals surface area contributed by atoms with Crippen LogP contribution in [0.25, 0.3) is 22.7 Å². The normalized spacial score (nSPS) is 16.2. The molecule has 4 heterocycles. The molecule has 1 aliphatic rings. The van der Waals surface area contributed by atoms with E-state index in [4.69, 9.17) is 4.52 Å². The summed E-state index contributed by atoms with van der Waals surface area (Å²) >= 11 is 0.